The van der Waals surface area contributed by atoms with E-state index in [1.165, 1.54) is 17.8 Å². The van der Waals surface area contributed by atoms with Crippen LogP contribution >= 0.6 is 11.8 Å². The average molecular weight is 473 g/mol. The van der Waals surface area contributed by atoms with Crippen molar-refractivity contribution in [3.05, 3.63) is 96.1 Å². The van der Waals surface area contributed by atoms with Gasteiger partial charge in [0.05, 0.1) is 17.9 Å². The van der Waals surface area contributed by atoms with Gasteiger partial charge in [0, 0.05) is 17.7 Å². The molecule has 2 aromatic carbocycles. The number of carbonyl (C=O) groups is 1. The van der Waals surface area contributed by atoms with Gasteiger partial charge in [0.1, 0.15) is 11.7 Å². The molecule has 0 radical (unpaired) electrons. The van der Waals surface area contributed by atoms with Crippen LogP contribution in [0.5, 0.6) is 0 Å². The van der Waals surface area contributed by atoms with Crippen molar-refractivity contribution in [1.82, 2.24) is 19.7 Å². The van der Waals surface area contributed by atoms with Crippen molar-refractivity contribution in [3.63, 3.8) is 0 Å². The second-order valence-corrected chi connectivity index (χ2v) is 8.78. The lowest BCUT2D eigenvalue weighted by Gasteiger charge is -2.30. The quantitative estimate of drug-likeness (QED) is 0.397. The number of amides is 1. The van der Waals surface area contributed by atoms with E-state index in [9.17, 15) is 9.18 Å². The summed E-state index contributed by atoms with van der Waals surface area (Å²) < 4.78 is 15.7. The van der Waals surface area contributed by atoms with Crippen LogP contribution in [0, 0.1) is 11.7 Å². The van der Waals surface area contributed by atoms with Crippen LogP contribution in [0.15, 0.2) is 89.3 Å². The lowest BCUT2D eigenvalue weighted by atomic mass is 9.87. The largest absolute Gasteiger partial charge is 0.324 e. The summed E-state index contributed by atoms with van der Waals surface area (Å²) in [5, 5.41) is 8.09. The number of thioether (sulfide) groups is 1. The van der Waals surface area contributed by atoms with Gasteiger partial charge in [-0.15, -0.1) is 5.10 Å². The highest BCUT2D eigenvalue weighted by Gasteiger charge is 2.39. The Hall–Kier alpha value is -3.85. The molecule has 0 saturated heterocycles. The Balaban J connectivity index is 1.48. The van der Waals surface area contributed by atoms with E-state index < -0.39 is 12.0 Å². The van der Waals surface area contributed by atoms with Gasteiger partial charge >= 0.3 is 0 Å². The Kier molecular flexibility index (Phi) is 6.18. The maximum atomic E-state index is 14.0. The van der Waals surface area contributed by atoms with Gasteiger partial charge in [-0.25, -0.2) is 14.1 Å². The third-order valence-corrected chi connectivity index (χ3v) is 6.45. The molecule has 5 rings (SSSR count). The van der Waals surface area contributed by atoms with Gasteiger partial charge < -0.3 is 5.32 Å². The molecule has 1 aliphatic heterocycles. The van der Waals surface area contributed by atoms with Crippen LogP contribution in [-0.2, 0) is 10.5 Å². The van der Waals surface area contributed by atoms with E-state index in [4.69, 9.17) is 0 Å². The van der Waals surface area contributed by atoms with E-state index in [2.05, 4.69) is 25.4 Å². The van der Waals surface area contributed by atoms with E-state index in [-0.39, 0.29) is 11.7 Å². The minimum atomic E-state index is -0.596. The fraction of sp³-hybridized carbons (Fsp3) is 0.160. The Labute approximate surface area is 200 Å². The number of rotatable bonds is 6. The summed E-state index contributed by atoms with van der Waals surface area (Å²) in [6, 6.07) is 19.5. The lowest BCUT2D eigenvalue weighted by Crippen LogP contribution is -2.39. The van der Waals surface area contributed by atoms with E-state index in [0.717, 1.165) is 5.56 Å². The molecule has 7 nitrogen and oxygen atoms in total. The van der Waals surface area contributed by atoms with Gasteiger partial charge in [0.2, 0.25) is 17.0 Å². The van der Waals surface area contributed by atoms with E-state index in [1.807, 2.05) is 37.3 Å². The fourth-order valence-corrected chi connectivity index (χ4v) is 4.76. The molecule has 0 aliphatic carbocycles. The first-order valence-electron chi connectivity index (χ1n) is 10.7. The molecule has 0 bridgehead atoms. The van der Waals surface area contributed by atoms with Gasteiger partial charge in [-0.05, 0) is 36.2 Å². The summed E-state index contributed by atoms with van der Waals surface area (Å²) in [5.74, 6) is -0.249. The highest BCUT2D eigenvalue weighted by atomic mass is 32.2. The van der Waals surface area contributed by atoms with Crippen molar-refractivity contribution < 1.29 is 9.18 Å². The van der Waals surface area contributed by atoms with Gasteiger partial charge in [-0.3, -0.25) is 9.78 Å². The summed E-state index contributed by atoms with van der Waals surface area (Å²) in [4.78, 5) is 26.6. The second-order valence-electron chi connectivity index (χ2n) is 7.84. The number of hydrogen-bond donors (Lipinski definition) is 1. The summed E-state index contributed by atoms with van der Waals surface area (Å²) >= 11 is 1.33. The van der Waals surface area contributed by atoms with Crippen LogP contribution in [0.3, 0.4) is 0 Å². The van der Waals surface area contributed by atoms with Crippen molar-refractivity contribution in [3.8, 4) is 0 Å². The number of pyridine rings is 1. The Morgan fingerprint density at radius 3 is 2.65 bits per heavy atom. The standard InChI is InChI=1S/C25H21FN6OS/c1-16-21(23(33)29-19-11-7-13-27-14-19)22(17-8-3-2-4-9-17)32-24(28-16)30-25(31-32)34-15-18-10-5-6-12-20(18)26/h2-14,21-22H,15H2,1H3,(H,29,33). The number of aliphatic imine (C=N–C) groups is 1. The zero-order valence-corrected chi connectivity index (χ0v) is 19.1. The Bertz CT molecular complexity index is 1340. The first-order valence-corrected chi connectivity index (χ1v) is 11.7. The molecule has 1 amide bonds. The molecule has 34 heavy (non-hydrogen) atoms. The predicted molar refractivity (Wildman–Crippen MR) is 130 cm³/mol. The third kappa shape index (κ3) is 4.47. The molecular formula is C25H21FN6OS. The van der Waals surface area contributed by atoms with E-state index >= 15 is 0 Å². The lowest BCUT2D eigenvalue weighted by molar-refractivity contribution is -0.118. The van der Waals surface area contributed by atoms with Crippen molar-refractivity contribution >= 4 is 35.0 Å². The highest BCUT2D eigenvalue weighted by molar-refractivity contribution is 7.98. The van der Waals surface area contributed by atoms with Crippen LogP contribution < -0.4 is 5.32 Å². The van der Waals surface area contributed by atoms with Crippen LogP contribution in [0.4, 0.5) is 16.0 Å². The van der Waals surface area contributed by atoms with Crippen molar-refractivity contribution in [1.29, 1.82) is 0 Å². The number of halogens is 1. The maximum Gasteiger partial charge on any atom is 0.249 e. The SMILES string of the molecule is CC1=Nc2nc(SCc3ccccc3F)nn2C(c2ccccc2)C1C(=O)Nc1cccnc1. The maximum absolute atomic E-state index is 14.0. The van der Waals surface area contributed by atoms with Gasteiger partial charge in [-0.2, -0.15) is 4.98 Å². The Morgan fingerprint density at radius 1 is 1.09 bits per heavy atom. The minimum Gasteiger partial charge on any atom is -0.324 e. The number of benzene rings is 2. The monoisotopic (exact) mass is 472 g/mol. The molecule has 2 unspecified atom stereocenters. The summed E-state index contributed by atoms with van der Waals surface area (Å²) in [5.41, 5.74) is 2.74. The molecule has 3 heterocycles. The normalized spacial score (nSPS) is 17.1. The zero-order valence-electron chi connectivity index (χ0n) is 18.3. The summed E-state index contributed by atoms with van der Waals surface area (Å²) in [7, 11) is 0. The summed E-state index contributed by atoms with van der Waals surface area (Å²) in [6.07, 6.45) is 3.25. The first kappa shape index (κ1) is 22.0. The zero-order chi connectivity index (χ0) is 23.5. The first-order chi connectivity index (χ1) is 16.6. The van der Waals surface area contributed by atoms with Crippen LogP contribution in [0.25, 0.3) is 0 Å². The smallest absolute Gasteiger partial charge is 0.249 e. The third-order valence-electron chi connectivity index (χ3n) is 5.57. The fourth-order valence-electron chi connectivity index (χ4n) is 3.95. The molecule has 0 saturated carbocycles. The molecule has 9 heteroatoms. The Morgan fingerprint density at radius 2 is 1.88 bits per heavy atom. The van der Waals surface area contributed by atoms with E-state index in [1.54, 1.807) is 47.4 Å². The molecule has 0 spiro atoms. The summed E-state index contributed by atoms with van der Waals surface area (Å²) in [6.45, 7) is 1.83. The molecule has 170 valence electrons. The molecule has 0 fully saturated rings. The van der Waals surface area contributed by atoms with Gasteiger partial charge in [0.25, 0.3) is 0 Å². The predicted octanol–water partition coefficient (Wildman–Crippen LogP) is 5.05. The number of hydrogen-bond acceptors (Lipinski definition) is 6. The second kappa shape index (κ2) is 9.56. The number of nitrogens with one attached hydrogen (secondary N) is 1. The van der Waals surface area contributed by atoms with Gasteiger partial charge in [-0.1, -0.05) is 60.3 Å². The minimum absolute atomic E-state index is 0.204. The molecule has 4 aromatic rings. The number of carbonyl (C=O) groups excluding carboxylic acids is 1. The van der Waals surface area contributed by atoms with Crippen LogP contribution in [0.1, 0.15) is 24.1 Å². The average Bonchev–Trinajstić information content (AvgIpc) is 3.26. The molecule has 2 atom stereocenters. The van der Waals surface area contributed by atoms with Crippen molar-refractivity contribution in [2.24, 2.45) is 10.9 Å². The number of aromatic nitrogens is 4. The highest BCUT2D eigenvalue weighted by Crippen LogP contribution is 2.37. The molecule has 1 N–H and O–H groups in total. The van der Waals surface area contributed by atoms with Crippen LogP contribution in [-0.4, -0.2) is 31.4 Å². The topological polar surface area (TPSA) is 85.1 Å². The van der Waals surface area contributed by atoms with Crippen molar-refractivity contribution in [2.45, 2.75) is 23.9 Å². The molecule has 2 aromatic heterocycles. The van der Waals surface area contributed by atoms with E-state index in [0.29, 0.717) is 33.8 Å². The molecular weight excluding hydrogens is 451 g/mol. The molecule has 1 aliphatic rings. The number of nitrogens with zero attached hydrogens (tertiary/aromatic N) is 5. The van der Waals surface area contributed by atoms with Crippen molar-refractivity contribution in [2.75, 3.05) is 5.32 Å². The van der Waals surface area contributed by atoms with Gasteiger partial charge in [0.15, 0.2) is 0 Å². The number of anilines is 1. The number of fused-ring (bicyclic) bond motifs is 1. The van der Waals surface area contributed by atoms with Crippen LogP contribution in [0.2, 0.25) is 0 Å².